The zero-order valence-corrected chi connectivity index (χ0v) is 18.5. The lowest BCUT2D eigenvalue weighted by Gasteiger charge is -2.45. The van der Waals surface area contributed by atoms with Crippen molar-refractivity contribution in [2.75, 3.05) is 59.0 Å². The van der Waals surface area contributed by atoms with E-state index in [0.717, 1.165) is 58.8 Å². The summed E-state index contributed by atoms with van der Waals surface area (Å²) in [5.74, 6) is 0.302. The van der Waals surface area contributed by atoms with Crippen molar-refractivity contribution in [2.24, 2.45) is 0 Å². The van der Waals surface area contributed by atoms with Gasteiger partial charge >= 0.3 is 0 Å². The Morgan fingerprint density at radius 2 is 1.59 bits per heavy atom. The summed E-state index contributed by atoms with van der Waals surface area (Å²) in [6.07, 6.45) is 1.39. The Labute approximate surface area is 166 Å². The summed E-state index contributed by atoms with van der Waals surface area (Å²) in [4.78, 5) is 22.3. The maximum atomic E-state index is 12.8. The predicted octanol–water partition coefficient (Wildman–Crippen LogP) is 1.75. The molecule has 158 valence electrons. The van der Waals surface area contributed by atoms with Gasteiger partial charge in [0.2, 0.25) is 5.91 Å². The van der Waals surface area contributed by atoms with E-state index in [1.165, 1.54) is 0 Å². The molecular formula is C21H42N4O2. The molecule has 2 aliphatic rings. The van der Waals surface area contributed by atoms with Crippen LogP contribution in [0.15, 0.2) is 0 Å². The van der Waals surface area contributed by atoms with Gasteiger partial charge in [0, 0.05) is 70.5 Å². The van der Waals surface area contributed by atoms with Gasteiger partial charge in [0.05, 0.1) is 12.6 Å². The fraction of sp³-hybridized carbons (Fsp3) is 0.952. The number of carbonyl (C=O) groups excluding carboxylic acids is 1. The minimum atomic E-state index is 0.302. The van der Waals surface area contributed by atoms with Crippen LogP contribution in [0.4, 0.5) is 0 Å². The largest absolute Gasteiger partial charge is 0.379 e. The molecule has 1 amide bonds. The summed E-state index contributed by atoms with van der Waals surface area (Å²) in [5, 5.41) is 0. The number of rotatable bonds is 8. The van der Waals surface area contributed by atoms with Crippen molar-refractivity contribution in [3.05, 3.63) is 0 Å². The second-order valence-corrected chi connectivity index (χ2v) is 8.91. The molecule has 2 atom stereocenters. The second-order valence-electron chi connectivity index (χ2n) is 8.91. The quantitative estimate of drug-likeness (QED) is 0.598. The highest BCUT2D eigenvalue weighted by Gasteiger charge is 2.32. The van der Waals surface area contributed by atoms with E-state index in [2.05, 4.69) is 61.1 Å². The number of nitrogens with zero attached hydrogens (tertiary/aromatic N) is 4. The van der Waals surface area contributed by atoms with Gasteiger partial charge in [-0.2, -0.15) is 0 Å². The Morgan fingerprint density at radius 1 is 1.00 bits per heavy atom. The molecule has 0 aromatic rings. The summed E-state index contributed by atoms with van der Waals surface area (Å²) in [5.41, 5.74) is 0. The molecule has 0 N–H and O–H groups in total. The molecule has 0 spiro atoms. The number of ether oxygens (including phenoxy) is 1. The molecule has 0 bridgehead atoms. The fourth-order valence-electron chi connectivity index (χ4n) is 4.31. The van der Waals surface area contributed by atoms with Crippen molar-refractivity contribution in [1.29, 1.82) is 0 Å². The van der Waals surface area contributed by atoms with Gasteiger partial charge in [-0.25, -0.2) is 0 Å². The monoisotopic (exact) mass is 382 g/mol. The maximum Gasteiger partial charge on any atom is 0.236 e. The van der Waals surface area contributed by atoms with E-state index in [9.17, 15) is 4.79 Å². The van der Waals surface area contributed by atoms with E-state index in [-0.39, 0.29) is 0 Å². The highest BCUT2D eigenvalue weighted by Crippen LogP contribution is 2.17. The van der Waals surface area contributed by atoms with Gasteiger partial charge < -0.3 is 14.5 Å². The summed E-state index contributed by atoms with van der Waals surface area (Å²) in [7, 11) is 0. The molecule has 0 radical (unpaired) electrons. The Kier molecular flexibility index (Phi) is 8.99. The fourth-order valence-corrected chi connectivity index (χ4v) is 4.31. The number of carbonyl (C=O) groups is 1. The van der Waals surface area contributed by atoms with Gasteiger partial charge in [0.15, 0.2) is 0 Å². The SMILES string of the molecule is CC(C)OCCCN1CC(C)N(CC(=O)N2CCN(C(C)C)CC2)C(C)C1. The number of amides is 1. The second kappa shape index (κ2) is 10.7. The molecule has 0 saturated carbocycles. The molecule has 2 rings (SSSR count). The summed E-state index contributed by atoms with van der Waals surface area (Å²) >= 11 is 0. The van der Waals surface area contributed by atoms with Crippen molar-refractivity contribution < 1.29 is 9.53 Å². The van der Waals surface area contributed by atoms with E-state index >= 15 is 0 Å². The molecule has 2 fully saturated rings. The normalized spacial score (nSPS) is 26.3. The van der Waals surface area contributed by atoms with Gasteiger partial charge in [-0.1, -0.05) is 0 Å². The highest BCUT2D eigenvalue weighted by atomic mass is 16.5. The van der Waals surface area contributed by atoms with Crippen LogP contribution >= 0.6 is 0 Å². The summed E-state index contributed by atoms with van der Waals surface area (Å²) < 4.78 is 5.66. The molecule has 2 aliphatic heterocycles. The Balaban J connectivity index is 1.75. The van der Waals surface area contributed by atoms with Crippen LogP contribution in [0.2, 0.25) is 0 Å². The third kappa shape index (κ3) is 7.00. The lowest BCUT2D eigenvalue weighted by Crippen LogP contribution is -2.60. The minimum Gasteiger partial charge on any atom is -0.379 e. The zero-order valence-electron chi connectivity index (χ0n) is 18.5. The Hall–Kier alpha value is -0.690. The van der Waals surface area contributed by atoms with Crippen LogP contribution in [-0.2, 0) is 9.53 Å². The average Bonchev–Trinajstić information content (AvgIpc) is 2.61. The van der Waals surface area contributed by atoms with Crippen molar-refractivity contribution in [2.45, 2.75) is 72.2 Å². The van der Waals surface area contributed by atoms with Gasteiger partial charge in [-0.05, 0) is 48.0 Å². The van der Waals surface area contributed by atoms with Crippen LogP contribution in [0.5, 0.6) is 0 Å². The van der Waals surface area contributed by atoms with E-state index in [1.807, 2.05) is 0 Å². The highest BCUT2D eigenvalue weighted by molar-refractivity contribution is 5.78. The van der Waals surface area contributed by atoms with Crippen LogP contribution in [0, 0.1) is 0 Å². The first-order chi connectivity index (χ1) is 12.8. The van der Waals surface area contributed by atoms with Gasteiger partial charge in [-0.3, -0.25) is 14.6 Å². The maximum absolute atomic E-state index is 12.8. The van der Waals surface area contributed by atoms with E-state index in [4.69, 9.17) is 4.74 Å². The molecule has 0 aromatic heterocycles. The third-order valence-electron chi connectivity index (χ3n) is 5.96. The average molecular weight is 383 g/mol. The van der Waals surface area contributed by atoms with Crippen LogP contribution < -0.4 is 0 Å². The molecule has 0 aromatic carbocycles. The molecule has 0 aliphatic carbocycles. The van der Waals surface area contributed by atoms with Gasteiger partial charge in [0.25, 0.3) is 0 Å². The van der Waals surface area contributed by atoms with Crippen LogP contribution in [0.25, 0.3) is 0 Å². The lowest BCUT2D eigenvalue weighted by atomic mass is 10.1. The standard InChI is InChI=1S/C21H42N4O2/c1-17(2)23-9-11-24(12-10-23)21(26)16-25-19(5)14-22(15-20(25)6)8-7-13-27-18(3)4/h17-20H,7-16H2,1-6H3. The Morgan fingerprint density at radius 3 is 2.11 bits per heavy atom. The number of piperazine rings is 2. The molecule has 2 heterocycles. The van der Waals surface area contributed by atoms with Crippen molar-refractivity contribution in [1.82, 2.24) is 19.6 Å². The van der Waals surface area contributed by atoms with Crippen molar-refractivity contribution in [3.8, 4) is 0 Å². The molecule has 2 saturated heterocycles. The molecule has 27 heavy (non-hydrogen) atoms. The van der Waals surface area contributed by atoms with Gasteiger partial charge in [-0.15, -0.1) is 0 Å². The van der Waals surface area contributed by atoms with Crippen LogP contribution in [0.3, 0.4) is 0 Å². The minimum absolute atomic E-state index is 0.302. The van der Waals surface area contributed by atoms with Crippen LogP contribution in [0.1, 0.15) is 48.0 Å². The number of hydrogen-bond donors (Lipinski definition) is 0. The topological polar surface area (TPSA) is 39.3 Å². The molecular weight excluding hydrogens is 340 g/mol. The first kappa shape index (κ1) is 22.6. The Bertz CT molecular complexity index is 437. The molecule has 6 nitrogen and oxygen atoms in total. The van der Waals surface area contributed by atoms with Crippen molar-refractivity contribution in [3.63, 3.8) is 0 Å². The zero-order chi connectivity index (χ0) is 20.0. The van der Waals surface area contributed by atoms with Crippen LogP contribution in [-0.4, -0.2) is 109 Å². The van der Waals surface area contributed by atoms with Gasteiger partial charge in [0.1, 0.15) is 0 Å². The van der Waals surface area contributed by atoms with E-state index in [1.54, 1.807) is 0 Å². The van der Waals surface area contributed by atoms with E-state index in [0.29, 0.717) is 36.7 Å². The smallest absolute Gasteiger partial charge is 0.236 e. The summed E-state index contributed by atoms with van der Waals surface area (Å²) in [6.45, 7) is 21.5. The predicted molar refractivity (Wildman–Crippen MR) is 111 cm³/mol. The lowest BCUT2D eigenvalue weighted by molar-refractivity contribution is -0.136. The first-order valence-corrected chi connectivity index (χ1v) is 10.9. The molecule has 2 unspecified atom stereocenters. The molecule has 6 heteroatoms. The third-order valence-corrected chi connectivity index (χ3v) is 5.96. The first-order valence-electron chi connectivity index (χ1n) is 10.9. The summed E-state index contributed by atoms with van der Waals surface area (Å²) in [6, 6.07) is 1.41. The van der Waals surface area contributed by atoms with E-state index < -0.39 is 0 Å². The number of hydrogen-bond acceptors (Lipinski definition) is 5. The van der Waals surface area contributed by atoms with Crippen molar-refractivity contribution >= 4 is 5.91 Å².